The van der Waals surface area contributed by atoms with Crippen LogP contribution in [0.25, 0.3) is 0 Å². The Kier molecular flexibility index (Phi) is 3.82. The Morgan fingerprint density at radius 2 is 1.68 bits per heavy atom. The van der Waals surface area contributed by atoms with Crippen molar-refractivity contribution in [1.82, 2.24) is 10.2 Å². The van der Waals surface area contributed by atoms with Crippen molar-refractivity contribution in [3.05, 3.63) is 58.7 Å². The minimum atomic E-state index is -0.605. The van der Waals surface area contributed by atoms with E-state index in [-0.39, 0.29) is 18.2 Å². The van der Waals surface area contributed by atoms with Crippen LogP contribution in [0.5, 0.6) is 0 Å². The van der Waals surface area contributed by atoms with Crippen LogP contribution in [0.1, 0.15) is 39.9 Å². The molecule has 1 atom stereocenters. The number of azo groups is 1. The van der Waals surface area contributed by atoms with Gasteiger partial charge in [0.05, 0.1) is 11.4 Å². The van der Waals surface area contributed by atoms with Crippen LogP contribution in [-0.2, 0) is 29.0 Å². The van der Waals surface area contributed by atoms with Gasteiger partial charge in [-0.15, -0.1) is 0 Å². The Balaban J connectivity index is 1.48. The molecule has 1 N–H and O–H groups in total. The van der Waals surface area contributed by atoms with Crippen LogP contribution < -0.4 is 5.32 Å². The quantitative estimate of drug-likeness (QED) is 0.778. The average Bonchev–Trinajstić information content (AvgIpc) is 2.98. The van der Waals surface area contributed by atoms with Crippen LogP contribution in [0.3, 0.4) is 0 Å². The van der Waals surface area contributed by atoms with Crippen molar-refractivity contribution in [2.75, 3.05) is 0 Å². The molecule has 3 heterocycles. The molecule has 7 nitrogen and oxygen atoms in total. The zero-order valence-corrected chi connectivity index (χ0v) is 15.1. The second-order valence-electron chi connectivity index (χ2n) is 7.37. The van der Waals surface area contributed by atoms with Gasteiger partial charge in [-0.1, -0.05) is 24.3 Å². The number of fused-ring (bicyclic) bond motifs is 3. The van der Waals surface area contributed by atoms with Crippen LogP contribution >= 0.6 is 0 Å². The summed E-state index contributed by atoms with van der Waals surface area (Å²) in [6, 6.07) is 11.1. The molecule has 1 saturated heterocycles. The normalized spacial score (nSPS) is 20.8. The van der Waals surface area contributed by atoms with Gasteiger partial charge in [-0.05, 0) is 48.1 Å². The van der Waals surface area contributed by atoms with Crippen LogP contribution in [0.4, 0.5) is 11.4 Å². The van der Waals surface area contributed by atoms with Crippen molar-refractivity contribution in [1.29, 1.82) is 0 Å². The zero-order chi connectivity index (χ0) is 19.3. The molecule has 0 bridgehead atoms. The molecule has 1 unspecified atom stereocenters. The molecule has 7 heteroatoms. The van der Waals surface area contributed by atoms with Crippen LogP contribution in [0.2, 0.25) is 0 Å². The standard InChI is InChI=1S/C21H18N4O3/c26-19-8-7-18(20(27)22-19)25-11-14-9-13-6-5-12-3-1-2-4-16(12)23-24-17(13)10-15(14)21(25)28/h1-4,9-10,18H,5-8,11H2,(H,22,26,27). The fourth-order valence-corrected chi connectivity index (χ4v) is 4.15. The third-order valence-corrected chi connectivity index (χ3v) is 5.64. The smallest absolute Gasteiger partial charge is 0.255 e. The number of nitrogens with one attached hydrogen (secondary N) is 1. The molecule has 0 aromatic heterocycles. The van der Waals surface area contributed by atoms with E-state index in [1.807, 2.05) is 24.3 Å². The number of piperidine rings is 1. The fraction of sp³-hybridized carbons (Fsp3) is 0.286. The molecule has 0 saturated carbocycles. The number of rotatable bonds is 1. The summed E-state index contributed by atoms with van der Waals surface area (Å²) in [5.41, 5.74) is 5.22. The number of carbonyl (C=O) groups is 3. The third kappa shape index (κ3) is 2.70. The van der Waals surface area contributed by atoms with Gasteiger partial charge >= 0.3 is 0 Å². The molecule has 2 aromatic carbocycles. The van der Waals surface area contributed by atoms with E-state index in [1.54, 1.807) is 11.0 Å². The largest absolute Gasteiger partial charge is 0.322 e. The summed E-state index contributed by atoms with van der Waals surface area (Å²) >= 11 is 0. The zero-order valence-electron chi connectivity index (χ0n) is 15.1. The lowest BCUT2D eigenvalue weighted by molar-refractivity contribution is -0.136. The Morgan fingerprint density at radius 3 is 2.54 bits per heavy atom. The van der Waals surface area contributed by atoms with Crippen molar-refractivity contribution in [3.8, 4) is 0 Å². The third-order valence-electron chi connectivity index (χ3n) is 5.64. The van der Waals surface area contributed by atoms with Crippen LogP contribution in [0.15, 0.2) is 46.6 Å². The van der Waals surface area contributed by atoms with Crippen molar-refractivity contribution in [2.45, 2.75) is 38.3 Å². The molecule has 0 spiro atoms. The van der Waals surface area contributed by atoms with Gasteiger partial charge in [0, 0.05) is 18.5 Å². The molecular weight excluding hydrogens is 356 g/mol. The molecule has 0 radical (unpaired) electrons. The Hall–Kier alpha value is -3.35. The highest BCUT2D eigenvalue weighted by molar-refractivity contribution is 6.05. The van der Waals surface area contributed by atoms with Gasteiger partial charge in [-0.2, -0.15) is 10.2 Å². The highest BCUT2D eigenvalue weighted by atomic mass is 16.2. The second-order valence-corrected chi connectivity index (χ2v) is 7.37. The van der Waals surface area contributed by atoms with Crippen molar-refractivity contribution >= 4 is 29.1 Å². The highest BCUT2D eigenvalue weighted by Gasteiger charge is 2.39. The molecule has 5 rings (SSSR count). The molecule has 1 fully saturated rings. The van der Waals surface area contributed by atoms with Gasteiger partial charge < -0.3 is 4.90 Å². The summed E-state index contributed by atoms with van der Waals surface area (Å²) in [7, 11) is 0. The molecule has 0 aliphatic carbocycles. The first-order valence-corrected chi connectivity index (χ1v) is 9.40. The summed E-state index contributed by atoms with van der Waals surface area (Å²) in [4.78, 5) is 38.1. The minimum absolute atomic E-state index is 0.190. The summed E-state index contributed by atoms with van der Waals surface area (Å²) in [6.45, 7) is 0.376. The van der Waals surface area contributed by atoms with E-state index >= 15 is 0 Å². The van der Waals surface area contributed by atoms with Gasteiger partial charge in [0.15, 0.2) is 0 Å². The van der Waals surface area contributed by atoms with Gasteiger partial charge in [-0.25, -0.2) is 0 Å². The van der Waals surface area contributed by atoms with Crippen molar-refractivity contribution in [3.63, 3.8) is 0 Å². The van der Waals surface area contributed by atoms with Crippen molar-refractivity contribution in [2.24, 2.45) is 10.2 Å². The second kappa shape index (κ2) is 6.37. The van der Waals surface area contributed by atoms with E-state index < -0.39 is 11.9 Å². The first-order chi connectivity index (χ1) is 13.6. The molecule has 2 aromatic rings. The van der Waals surface area contributed by atoms with E-state index in [0.717, 1.165) is 35.2 Å². The topological polar surface area (TPSA) is 91.2 Å². The first kappa shape index (κ1) is 16.8. The van der Waals surface area contributed by atoms with Gasteiger partial charge in [0.1, 0.15) is 6.04 Å². The summed E-state index contributed by atoms with van der Waals surface area (Å²) in [6.07, 6.45) is 2.27. The molecular formula is C21H18N4O3. The number of hydrogen-bond acceptors (Lipinski definition) is 5. The van der Waals surface area contributed by atoms with E-state index in [1.165, 1.54) is 0 Å². The van der Waals surface area contributed by atoms with E-state index in [2.05, 4.69) is 21.6 Å². The number of nitrogens with zero attached hydrogens (tertiary/aromatic N) is 3. The van der Waals surface area contributed by atoms with Crippen molar-refractivity contribution < 1.29 is 14.4 Å². The first-order valence-electron chi connectivity index (χ1n) is 9.40. The Labute approximate surface area is 161 Å². The van der Waals surface area contributed by atoms with Crippen LogP contribution in [-0.4, -0.2) is 28.7 Å². The predicted octanol–water partition coefficient (Wildman–Crippen LogP) is 2.96. The monoisotopic (exact) mass is 374 g/mol. The number of carbonyl (C=O) groups excluding carboxylic acids is 3. The van der Waals surface area contributed by atoms with E-state index in [0.29, 0.717) is 24.2 Å². The molecule has 3 aliphatic heterocycles. The van der Waals surface area contributed by atoms with E-state index in [4.69, 9.17) is 0 Å². The number of benzene rings is 2. The van der Waals surface area contributed by atoms with Gasteiger partial charge in [-0.3, -0.25) is 19.7 Å². The molecule has 28 heavy (non-hydrogen) atoms. The lowest BCUT2D eigenvalue weighted by Crippen LogP contribution is -2.52. The summed E-state index contributed by atoms with van der Waals surface area (Å²) in [5, 5.41) is 11.1. The Morgan fingerprint density at radius 1 is 0.893 bits per heavy atom. The SMILES string of the molecule is O=C1CCC(N2Cc3cc4c(cc3C2=O)N=Nc2ccccc2CC4)C(=O)N1. The maximum atomic E-state index is 12.9. The lowest BCUT2D eigenvalue weighted by Gasteiger charge is -2.29. The number of aryl methyl sites for hydroxylation is 2. The maximum absolute atomic E-state index is 12.9. The molecule has 3 amide bonds. The number of imide groups is 1. The predicted molar refractivity (Wildman–Crippen MR) is 101 cm³/mol. The lowest BCUT2D eigenvalue weighted by atomic mass is 9.97. The molecule has 140 valence electrons. The van der Waals surface area contributed by atoms with Gasteiger partial charge in [0.25, 0.3) is 5.91 Å². The Bertz CT molecular complexity index is 1060. The fourth-order valence-electron chi connectivity index (χ4n) is 4.15. The van der Waals surface area contributed by atoms with Gasteiger partial charge in [0.2, 0.25) is 11.8 Å². The minimum Gasteiger partial charge on any atom is -0.322 e. The maximum Gasteiger partial charge on any atom is 0.255 e. The average molecular weight is 374 g/mol. The number of amides is 3. The summed E-state index contributed by atoms with van der Waals surface area (Å²) in [5.74, 6) is -0.871. The summed E-state index contributed by atoms with van der Waals surface area (Å²) < 4.78 is 0. The molecule has 3 aliphatic rings. The van der Waals surface area contributed by atoms with E-state index in [9.17, 15) is 14.4 Å². The number of hydrogen-bond donors (Lipinski definition) is 1. The van der Waals surface area contributed by atoms with Crippen LogP contribution in [0, 0.1) is 0 Å². The highest BCUT2D eigenvalue weighted by Crippen LogP contribution is 2.36.